The first-order valence-electron chi connectivity index (χ1n) is 7.63. The van der Waals surface area contributed by atoms with Crippen molar-refractivity contribution in [1.29, 1.82) is 0 Å². The van der Waals surface area contributed by atoms with E-state index in [1.165, 1.54) is 24.3 Å². The third-order valence-electron chi connectivity index (χ3n) is 3.73. The summed E-state index contributed by atoms with van der Waals surface area (Å²) in [5.41, 5.74) is 0. The summed E-state index contributed by atoms with van der Waals surface area (Å²) in [6, 6.07) is 3.53. The lowest BCUT2D eigenvalue weighted by Gasteiger charge is -2.20. The maximum absolute atomic E-state index is 12.3. The maximum atomic E-state index is 12.3. The van der Waals surface area contributed by atoms with Crippen molar-refractivity contribution in [1.82, 2.24) is 4.72 Å². The molecule has 0 aliphatic carbocycles. The van der Waals surface area contributed by atoms with Gasteiger partial charge in [0.2, 0.25) is 10.0 Å². The highest BCUT2D eigenvalue weighted by Gasteiger charge is 2.29. The summed E-state index contributed by atoms with van der Waals surface area (Å²) in [6.07, 6.45) is 0.951. The Morgan fingerprint density at radius 1 is 1.08 bits per heavy atom. The van der Waals surface area contributed by atoms with E-state index in [1.54, 1.807) is 20.8 Å². The van der Waals surface area contributed by atoms with Crippen molar-refractivity contribution in [2.24, 2.45) is 5.92 Å². The van der Waals surface area contributed by atoms with E-state index in [-0.39, 0.29) is 21.5 Å². The molecule has 0 aliphatic heterocycles. The number of nitrogens with one attached hydrogen (secondary N) is 1. The molecule has 0 spiro atoms. The van der Waals surface area contributed by atoms with Crippen LogP contribution in [-0.4, -0.2) is 39.7 Å². The highest BCUT2D eigenvalue weighted by Crippen LogP contribution is 2.18. The minimum Gasteiger partial charge on any atom is -0.480 e. The molecular formula is C15H23NO6S2. The Labute approximate surface area is 143 Å². The highest BCUT2D eigenvalue weighted by molar-refractivity contribution is 7.91. The van der Waals surface area contributed by atoms with Gasteiger partial charge in [-0.3, -0.25) is 4.79 Å². The summed E-state index contributed by atoms with van der Waals surface area (Å²) in [5, 5.41) is 9.19. The van der Waals surface area contributed by atoms with Gasteiger partial charge in [0.15, 0.2) is 9.84 Å². The quantitative estimate of drug-likeness (QED) is 0.675. The van der Waals surface area contributed by atoms with Gasteiger partial charge in [0, 0.05) is 0 Å². The zero-order valence-corrected chi connectivity index (χ0v) is 15.5. The van der Waals surface area contributed by atoms with Gasteiger partial charge in [-0.05, 0) is 36.6 Å². The van der Waals surface area contributed by atoms with E-state index in [1.807, 2.05) is 0 Å². The molecule has 1 aromatic rings. The lowest BCUT2D eigenvalue weighted by atomic mass is 10.0. The molecule has 0 saturated heterocycles. The zero-order chi connectivity index (χ0) is 18.5. The van der Waals surface area contributed by atoms with Crippen LogP contribution in [0.4, 0.5) is 0 Å². The van der Waals surface area contributed by atoms with Crippen molar-refractivity contribution in [3.05, 3.63) is 24.3 Å². The maximum Gasteiger partial charge on any atom is 0.322 e. The molecule has 0 heterocycles. The number of carboxylic acid groups (broad SMARTS) is 1. The van der Waals surface area contributed by atoms with Crippen LogP contribution in [-0.2, 0) is 24.7 Å². The number of carbonyl (C=O) groups is 1. The van der Waals surface area contributed by atoms with Crippen molar-refractivity contribution in [2.75, 3.05) is 5.75 Å². The number of carboxylic acids is 1. The van der Waals surface area contributed by atoms with Crippen LogP contribution in [0.25, 0.3) is 0 Å². The van der Waals surface area contributed by atoms with Crippen LogP contribution in [0.15, 0.2) is 34.1 Å². The van der Waals surface area contributed by atoms with Crippen molar-refractivity contribution >= 4 is 25.8 Å². The van der Waals surface area contributed by atoms with Crippen LogP contribution < -0.4 is 4.72 Å². The number of rotatable bonds is 9. The molecule has 24 heavy (non-hydrogen) atoms. The summed E-state index contributed by atoms with van der Waals surface area (Å²) in [7, 11) is -7.50. The average molecular weight is 377 g/mol. The van der Waals surface area contributed by atoms with Gasteiger partial charge in [0.05, 0.1) is 15.5 Å². The van der Waals surface area contributed by atoms with E-state index >= 15 is 0 Å². The normalized spacial score (nSPS) is 15.0. The van der Waals surface area contributed by atoms with Gasteiger partial charge in [0.25, 0.3) is 0 Å². The number of hydrogen-bond donors (Lipinski definition) is 2. The Balaban J connectivity index is 3.10. The molecule has 1 rings (SSSR count). The summed E-state index contributed by atoms with van der Waals surface area (Å²) >= 11 is 0. The van der Waals surface area contributed by atoms with Gasteiger partial charge in [-0.1, -0.05) is 27.2 Å². The molecule has 7 nitrogen and oxygen atoms in total. The third-order valence-corrected chi connectivity index (χ3v) is 7.12. The van der Waals surface area contributed by atoms with Gasteiger partial charge in [0.1, 0.15) is 6.04 Å². The Morgan fingerprint density at radius 2 is 1.58 bits per heavy atom. The number of aliphatic carboxylic acids is 1. The predicted molar refractivity (Wildman–Crippen MR) is 90.0 cm³/mol. The number of hydrogen-bond acceptors (Lipinski definition) is 5. The Bertz CT molecular complexity index is 769. The minimum atomic E-state index is -4.06. The molecular weight excluding hydrogens is 354 g/mol. The Morgan fingerprint density at radius 3 is 2.00 bits per heavy atom. The van der Waals surface area contributed by atoms with E-state index in [9.17, 15) is 26.7 Å². The first kappa shape index (κ1) is 20.6. The first-order chi connectivity index (χ1) is 11.0. The molecule has 0 fully saturated rings. The van der Waals surface area contributed by atoms with Crippen LogP contribution in [0.2, 0.25) is 0 Å². The molecule has 136 valence electrons. The summed E-state index contributed by atoms with van der Waals surface area (Å²) in [5.74, 6) is -1.66. The predicted octanol–water partition coefficient (Wildman–Crippen LogP) is 1.65. The smallest absolute Gasteiger partial charge is 0.322 e. The summed E-state index contributed by atoms with van der Waals surface area (Å²) < 4.78 is 50.7. The SMILES string of the molecule is CCCS(=O)(=O)c1ccc(S(=O)(=O)N[C@H](C(=O)O)[C@@H](C)CC)cc1. The molecule has 1 aromatic carbocycles. The minimum absolute atomic E-state index is 0.0214. The molecule has 0 saturated carbocycles. The zero-order valence-electron chi connectivity index (χ0n) is 13.9. The fourth-order valence-electron chi connectivity index (χ4n) is 2.09. The number of sulfonamides is 1. The molecule has 2 N–H and O–H groups in total. The summed E-state index contributed by atoms with van der Waals surface area (Å²) in [4.78, 5) is 11.1. The highest BCUT2D eigenvalue weighted by atomic mass is 32.2. The van der Waals surface area contributed by atoms with Crippen LogP contribution in [0.3, 0.4) is 0 Å². The molecule has 0 aliphatic rings. The van der Waals surface area contributed by atoms with E-state index in [0.29, 0.717) is 12.8 Å². The Hall–Kier alpha value is -1.45. The second kappa shape index (κ2) is 8.09. The van der Waals surface area contributed by atoms with Gasteiger partial charge in [-0.2, -0.15) is 4.72 Å². The van der Waals surface area contributed by atoms with E-state index in [2.05, 4.69) is 4.72 Å². The number of sulfone groups is 1. The lowest BCUT2D eigenvalue weighted by Crippen LogP contribution is -2.44. The van der Waals surface area contributed by atoms with Crippen molar-refractivity contribution < 1.29 is 26.7 Å². The van der Waals surface area contributed by atoms with Crippen molar-refractivity contribution in [3.8, 4) is 0 Å². The fraction of sp³-hybridized carbons (Fsp3) is 0.533. The molecule has 0 unspecified atom stereocenters. The van der Waals surface area contributed by atoms with E-state index in [0.717, 1.165) is 0 Å². The molecule has 0 aromatic heterocycles. The topological polar surface area (TPSA) is 118 Å². The standard InChI is InChI=1S/C15H23NO6S2/c1-4-10-23(19,20)12-6-8-13(9-7-12)24(21,22)16-14(15(17)18)11(3)5-2/h6-9,11,14,16H,4-5,10H2,1-3H3,(H,17,18)/t11-,14-/m0/s1. The monoisotopic (exact) mass is 377 g/mol. The lowest BCUT2D eigenvalue weighted by molar-refractivity contribution is -0.140. The third kappa shape index (κ3) is 5.02. The van der Waals surface area contributed by atoms with Crippen LogP contribution >= 0.6 is 0 Å². The van der Waals surface area contributed by atoms with Crippen molar-refractivity contribution in [2.45, 2.75) is 49.4 Å². The van der Waals surface area contributed by atoms with Gasteiger partial charge < -0.3 is 5.11 Å². The van der Waals surface area contributed by atoms with E-state index in [4.69, 9.17) is 0 Å². The first-order valence-corrected chi connectivity index (χ1v) is 10.8. The molecule has 0 amide bonds. The average Bonchev–Trinajstić information content (AvgIpc) is 2.51. The largest absolute Gasteiger partial charge is 0.480 e. The van der Waals surface area contributed by atoms with Gasteiger partial charge in [-0.15, -0.1) is 0 Å². The summed E-state index contributed by atoms with van der Waals surface area (Å²) in [6.45, 7) is 5.14. The van der Waals surface area contributed by atoms with Crippen molar-refractivity contribution in [3.63, 3.8) is 0 Å². The molecule has 0 radical (unpaired) electrons. The van der Waals surface area contributed by atoms with Crippen LogP contribution in [0, 0.1) is 5.92 Å². The fourth-order valence-corrected chi connectivity index (χ4v) is 4.72. The van der Waals surface area contributed by atoms with Gasteiger partial charge in [-0.25, -0.2) is 16.8 Å². The van der Waals surface area contributed by atoms with Gasteiger partial charge >= 0.3 is 5.97 Å². The second-order valence-corrected chi connectivity index (χ2v) is 9.44. The van der Waals surface area contributed by atoms with Crippen LogP contribution in [0.1, 0.15) is 33.6 Å². The molecule has 2 atom stereocenters. The number of benzene rings is 1. The van der Waals surface area contributed by atoms with Crippen LogP contribution in [0.5, 0.6) is 0 Å². The second-order valence-electron chi connectivity index (χ2n) is 5.61. The Kier molecular flexibility index (Phi) is 6.94. The molecule has 0 bridgehead atoms. The molecule has 9 heteroatoms. The van der Waals surface area contributed by atoms with E-state index < -0.39 is 31.9 Å².